The molecule has 0 amide bonds. The Morgan fingerprint density at radius 1 is 0.962 bits per heavy atom. The average Bonchev–Trinajstić information content (AvgIpc) is 3.00. The van der Waals surface area contributed by atoms with Crippen LogP contribution >= 0.6 is 11.8 Å². The summed E-state index contributed by atoms with van der Waals surface area (Å²) in [7, 11) is 0. The van der Waals surface area contributed by atoms with Crippen LogP contribution in [0.1, 0.15) is 0 Å². The van der Waals surface area contributed by atoms with Crippen molar-refractivity contribution < 1.29 is 17.9 Å². The Morgan fingerprint density at radius 2 is 1.69 bits per heavy atom. The second kappa shape index (κ2) is 6.77. The van der Waals surface area contributed by atoms with Gasteiger partial charge in [-0.25, -0.2) is 9.97 Å². The molecule has 4 aromatic rings. The Hall–Kier alpha value is -2.32. The summed E-state index contributed by atoms with van der Waals surface area (Å²) in [5.74, 6) is 0.364. The minimum absolute atomic E-state index is 0.00714. The summed E-state index contributed by atoms with van der Waals surface area (Å²) in [6.07, 6.45) is -4.31. The molecule has 0 aliphatic carbocycles. The van der Waals surface area contributed by atoms with Gasteiger partial charge in [-0.1, -0.05) is 36.0 Å². The standard InChI is InChI=1S/C18H14F3N3OS/c19-18(20,21)11-25-9-10-26-17-23-13-6-2-1-5-12(13)16-22-14-7-3-4-8-15(14)24(16)17/h1-8H,9-11H2. The highest BCUT2D eigenvalue weighted by atomic mass is 32.2. The molecule has 26 heavy (non-hydrogen) atoms. The summed E-state index contributed by atoms with van der Waals surface area (Å²) >= 11 is 1.35. The number of ether oxygens (including phenoxy) is 1. The summed E-state index contributed by atoms with van der Waals surface area (Å²) in [5, 5.41) is 1.62. The number of hydrogen-bond acceptors (Lipinski definition) is 4. The Labute approximate surface area is 151 Å². The van der Waals surface area contributed by atoms with E-state index in [-0.39, 0.29) is 6.61 Å². The molecule has 0 aliphatic rings. The summed E-state index contributed by atoms with van der Waals surface area (Å²) in [6.45, 7) is -1.24. The van der Waals surface area contributed by atoms with E-state index in [4.69, 9.17) is 4.98 Å². The molecule has 4 nitrogen and oxygen atoms in total. The van der Waals surface area contributed by atoms with Gasteiger partial charge in [-0.05, 0) is 24.3 Å². The summed E-state index contributed by atoms with van der Waals surface area (Å²) < 4.78 is 43.1. The second-order valence-corrected chi connectivity index (χ2v) is 6.75. The van der Waals surface area contributed by atoms with Gasteiger partial charge in [0.05, 0.1) is 23.2 Å². The maximum atomic E-state index is 12.2. The number of thioether (sulfide) groups is 1. The molecule has 2 heterocycles. The van der Waals surface area contributed by atoms with E-state index >= 15 is 0 Å². The van der Waals surface area contributed by atoms with E-state index in [0.717, 1.165) is 27.6 Å². The maximum Gasteiger partial charge on any atom is 0.411 e. The highest BCUT2D eigenvalue weighted by molar-refractivity contribution is 7.99. The number of imidazole rings is 1. The van der Waals surface area contributed by atoms with Crippen molar-refractivity contribution in [1.82, 2.24) is 14.4 Å². The van der Waals surface area contributed by atoms with Crippen molar-refractivity contribution in [1.29, 1.82) is 0 Å². The summed E-state index contributed by atoms with van der Waals surface area (Å²) in [4.78, 5) is 9.39. The Bertz CT molecular complexity index is 1080. The van der Waals surface area contributed by atoms with Crippen LogP contribution in [-0.4, -0.2) is 39.5 Å². The molecule has 2 aromatic heterocycles. The highest BCUT2D eigenvalue weighted by Crippen LogP contribution is 2.28. The molecular weight excluding hydrogens is 363 g/mol. The fourth-order valence-corrected chi connectivity index (χ4v) is 3.65. The first-order valence-corrected chi connectivity index (χ1v) is 8.95. The smallest absolute Gasteiger partial charge is 0.371 e. The largest absolute Gasteiger partial charge is 0.411 e. The molecule has 0 saturated heterocycles. The molecule has 0 spiro atoms. The molecule has 0 radical (unpaired) electrons. The molecule has 0 bridgehead atoms. The monoisotopic (exact) mass is 377 g/mol. The summed E-state index contributed by atoms with van der Waals surface area (Å²) in [6, 6.07) is 15.4. The topological polar surface area (TPSA) is 39.4 Å². The number of nitrogens with zero attached hydrogens (tertiary/aromatic N) is 3. The van der Waals surface area contributed by atoms with Crippen molar-refractivity contribution in [2.75, 3.05) is 19.0 Å². The third-order valence-corrected chi connectivity index (χ3v) is 4.74. The van der Waals surface area contributed by atoms with Gasteiger partial charge < -0.3 is 4.74 Å². The SMILES string of the molecule is FC(F)(F)COCCSc1nc2ccccc2c2nc3ccccc3n12. The predicted molar refractivity (Wildman–Crippen MR) is 95.6 cm³/mol. The van der Waals surface area contributed by atoms with Gasteiger partial charge in [0.1, 0.15) is 12.3 Å². The number of hydrogen-bond donors (Lipinski definition) is 0. The van der Waals surface area contributed by atoms with E-state index in [1.807, 2.05) is 52.9 Å². The van der Waals surface area contributed by atoms with Gasteiger partial charge in [-0.2, -0.15) is 13.2 Å². The van der Waals surface area contributed by atoms with E-state index in [2.05, 4.69) is 9.72 Å². The van der Waals surface area contributed by atoms with Crippen molar-refractivity contribution in [2.24, 2.45) is 0 Å². The number of fused-ring (bicyclic) bond motifs is 5. The zero-order valence-corrected chi connectivity index (χ0v) is 14.3. The minimum atomic E-state index is -4.31. The van der Waals surface area contributed by atoms with E-state index in [9.17, 15) is 13.2 Å². The molecule has 0 fully saturated rings. The predicted octanol–water partition coefficient (Wildman–Crippen LogP) is 4.71. The lowest BCUT2D eigenvalue weighted by atomic mass is 10.2. The normalized spacial score (nSPS) is 12.4. The van der Waals surface area contributed by atoms with Crippen molar-refractivity contribution in [3.8, 4) is 0 Å². The molecule has 0 N–H and O–H groups in total. The first kappa shape index (κ1) is 17.1. The number of rotatable bonds is 5. The van der Waals surface area contributed by atoms with Crippen molar-refractivity contribution >= 4 is 39.3 Å². The number of para-hydroxylation sites is 3. The van der Waals surface area contributed by atoms with Gasteiger partial charge in [0.2, 0.25) is 0 Å². The molecule has 4 rings (SSSR count). The maximum absolute atomic E-state index is 12.2. The van der Waals surface area contributed by atoms with Gasteiger partial charge in [-0.15, -0.1) is 0 Å². The number of aromatic nitrogens is 3. The van der Waals surface area contributed by atoms with Crippen LogP contribution in [0.2, 0.25) is 0 Å². The van der Waals surface area contributed by atoms with Gasteiger partial charge in [0.15, 0.2) is 5.16 Å². The van der Waals surface area contributed by atoms with Crippen LogP contribution in [0.15, 0.2) is 53.7 Å². The van der Waals surface area contributed by atoms with Gasteiger partial charge in [0, 0.05) is 11.1 Å². The van der Waals surface area contributed by atoms with Crippen LogP contribution < -0.4 is 0 Å². The molecular formula is C18H14F3N3OS. The Balaban J connectivity index is 1.70. The van der Waals surface area contributed by atoms with Gasteiger partial charge in [-0.3, -0.25) is 4.40 Å². The molecule has 134 valence electrons. The van der Waals surface area contributed by atoms with Gasteiger partial charge in [0.25, 0.3) is 0 Å². The van der Waals surface area contributed by atoms with Crippen molar-refractivity contribution in [3.05, 3.63) is 48.5 Å². The second-order valence-electron chi connectivity index (χ2n) is 5.69. The molecule has 0 unspecified atom stereocenters. The van der Waals surface area contributed by atoms with Crippen molar-refractivity contribution in [3.63, 3.8) is 0 Å². The van der Waals surface area contributed by atoms with E-state index in [0.29, 0.717) is 10.9 Å². The van der Waals surface area contributed by atoms with E-state index < -0.39 is 12.8 Å². The van der Waals surface area contributed by atoms with Crippen molar-refractivity contribution in [2.45, 2.75) is 11.3 Å². The molecule has 0 saturated carbocycles. The fourth-order valence-electron chi connectivity index (χ4n) is 2.79. The highest BCUT2D eigenvalue weighted by Gasteiger charge is 2.27. The Kier molecular flexibility index (Phi) is 4.46. The lowest BCUT2D eigenvalue weighted by Gasteiger charge is -2.09. The van der Waals surface area contributed by atoms with Gasteiger partial charge >= 0.3 is 6.18 Å². The van der Waals surface area contributed by atoms with Crippen LogP contribution in [0.4, 0.5) is 13.2 Å². The third kappa shape index (κ3) is 3.34. The quantitative estimate of drug-likeness (QED) is 0.287. The lowest BCUT2D eigenvalue weighted by molar-refractivity contribution is -0.172. The first-order valence-electron chi connectivity index (χ1n) is 7.96. The van der Waals surface area contributed by atoms with Crippen LogP contribution in [0.25, 0.3) is 27.6 Å². The van der Waals surface area contributed by atoms with E-state index in [1.54, 1.807) is 0 Å². The first-order chi connectivity index (χ1) is 12.5. The van der Waals surface area contributed by atoms with Crippen LogP contribution in [-0.2, 0) is 4.74 Å². The number of alkyl halides is 3. The van der Waals surface area contributed by atoms with Crippen LogP contribution in [0.5, 0.6) is 0 Å². The van der Waals surface area contributed by atoms with Crippen LogP contribution in [0.3, 0.4) is 0 Å². The average molecular weight is 377 g/mol. The number of halogens is 3. The molecule has 2 aromatic carbocycles. The zero-order chi connectivity index (χ0) is 18.1. The van der Waals surface area contributed by atoms with E-state index in [1.165, 1.54) is 11.8 Å². The molecule has 0 atom stereocenters. The molecule has 8 heteroatoms. The summed E-state index contributed by atoms with van der Waals surface area (Å²) in [5.41, 5.74) is 3.35. The Morgan fingerprint density at radius 3 is 2.50 bits per heavy atom. The fraction of sp³-hybridized carbons (Fsp3) is 0.222. The zero-order valence-electron chi connectivity index (χ0n) is 13.5. The lowest BCUT2D eigenvalue weighted by Crippen LogP contribution is -2.18. The number of benzene rings is 2. The third-order valence-electron chi connectivity index (χ3n) is 3.84. The van der Waals surface area contributed by atoms with Crippen LogP contribution in [0, 0.1) is 0 Å². The molecule has 0 aliphatic heterocycles. The minimum Gasteiger partial charge on any atom is -0.371 e.